The lowest BCUT2D eigenvalue weighted by molar-refractivity contribution is 0.636. The normalized spacial score (nSPS) is 11.6. The Labute approximate surface area is 118 Å². The number of aromatic amines is 1. The zero-order chi connectivity index (χ0) is 14.6. The average molecular weight is 282 g/mol. The minimum absolute atomic E-state index is 0.232. The fraction of sp³-hybridized carbons (Fsp3) is 0.143. The highest BCUT2D eigenvalue weighted by molar-refractivity contribution is 5.80. The monoisotopic (exact) mass is 282 g/mol. The first-order valence-electron chi connectivity index (χ1n) is 6.46. The first-order valence-corrected chi connectivity index (χ1v) is 6.46. The number of hydrogen-bond acceptors (Lipinski definition) is 4. The standard InChI is InChI=1S/C14H11FN6/c1-7-3-11(19-21-6-8(2)16-14(7)21)9-4-10(15)13-12(5-9)17-20-18-13/h3-6H,1-2H3,(H,17,18,20). The molecule has 0 amide bonds. The number of aryl methyl sites for hydroxylation is 2. The van der Waals surface area contributed by atoms with E-state index >= 15 is 0 Å². The average Bonchev–Trinajstić information content (AvgIpc) is 3.04. The SMILES string of the molecule is Cc1cn2nc(-c3cc(F)c4n[nH]nc4c3)cc(C)c2n1. The first kappa shape index (κ1) is 12.0. The summed E-state index contributed by atoms with van der Waals surface area (Å²) in [5.74, 6) is -0.419. The molecule has 0 aliphatic rings. The minimum Gasteiger partial charge on any atom is -0.232 e. The Kier molecular flexibility index (Phi) is 2.32. The molecule has 3 aromatic heterocycles. The summed E-state index contributed by atoms with van der Waals surface area (Å²) in [5.41, 5.74) is 4.71. The van der Waals surface area contributed by atoms with E-state index in [9.17, 15) is 4.39 Å². The van der Waals surface area contributed by atoms with Crippen molar-refractivity contribution in [2.24, 2.45) is 0 Å². The molecule has 0 saturated heterocycles. The molecule has 0 radical (unpaired) electrons. The molecule has 4 rings (SSSR count). The Bertz CT molecular complexity index is 984. The summed E-state index contributed by atoms with van der Waals surface area (Å²) in [5, 5.41) is 14.6. The van der Waals surface area contributed by atoms with E-state index in [-0.39, 0.29) is 5.52 Å². The molecule has 21 heavy (non-hydrogen) atoms. The third kappa shape index (κ3) is 1.78. The van der Waals surface area contributed by atoms with Crippen molar-refractivity contribution in [2.45, 2.75) is 13.8 Å². The summed E-state index contributed by atoms with van der Waals surface area (Å²) >= 11 is 0. The third-order valence-corrected chi connectivity index (χ3v) is 3.40. The number of H-pyrrole nitrogens is 1. The molecule has 4 aromatic rings. The lowest BCUT2D eigenvalue weighted by Crippen LogP contribution is -1.96. The summed E-state index contributed by atoms with van der Waals surface area (Å²) in [7, 11) is 0. The van der Waals surface area contributed by atoms with Gasteiger partial charge in [0.2, 0.25) is 0 Å². The number of rotatable bonds is 1. The van der Waals surface area contributed by atoms with Crippen LogP contribution in [0.25, 0.3) is 27.9 Å². The molecular weight excluding hydrogens is 271 g/mol. The highest BCUT2D eigenvalue weighted by Gasteiger charge is 2.12. The number of hydrogen-bond donors (Lipinski definition) is 1. The van der Waals surface area contributed by atoms with Crippen molar-refractivity contribution in [1.29, 1.82) is 0 Å². The van der Waals surface area contributed by atoms with Crippen LogP contribution >= 0.6 is 0 Å². The molecule has 0 saturated carbocycles. The van der Waals surface area contributed by atoms with Gasteiger partial charge in [-0.15, -0.1) is 0 Å². The molecule has 0 fully saturated rings. The molecular formula is C14H11FN6. The second kappa shape index (κ2) is 4.08. The molecule has 0 bridgehead atoms. The van der Waals surface area contributed by atoms with Gasteiger partial charge in [0, 0.05) is 5.56 Å². The van der Waals surface area contributed by atoms with Crippen molar-refractivity contribution in [3.8, 4) is 11.3 Å². The van der Waals surface area contributed by atoms with Gasteiger partial charge in [0.05, 0.1) is 17.6 Å². The van der Waals surface area contributed by atoms with Gasteiger partial charge in [0.15, 0.2) is 11.5 Å². The summed E-state index contributed by atoms with van der Waals surface area (Å²) in [6, 6.07) is 5.07. The summed E-state index contributed by atoms with van der Waals surface area (Å²) in [6.07, 6.45) is 1.84. The molecule has 0 unspecified atom stereocenters. The summed E-state index contributed by atoms with van der Waals surface area (Å²) < 4.78 is 15.7. The number of nitrogens with zero attached hydrogens (tertiary/aromatic N) is 5. The molecule has 104 valence electrons. The van der Waals surface area contributed by atoms with Crippen molar-refractivity contribution in [3.63, 3.8) is 0 Å². The maximum absolute atomic E-state index is 14.0. The lowest BCUT2D eigenvalue weighted by atomic mass is 10.1. The van der Waals surface area contributed by atoms with Crippen molar-refractivity contribution in [2.75, 3.05) is 0 Å². The van der Waals surface area contributed by atoms with Crippen molar-refractivity contribution >= 4 is 16.7 Å². The summed E-state index contributed by atoms with van der Waals surface area (Å²) in [6.45, 7) is 3.87. The van der Waals surface area contributed by atoms with E-state index in [1.807, 2.05) is 26.1 Å². The largest absolute Gasteiger partial charge is 0.232 e. The van der Waals surface area contributed by atoms with E-state index in [1.54, 1.807) is 10.6 Å². The van der Waals surface area contributed by atoms with Crippen LogP contribution < -0.4 is 0 Å². The van der Waals surface area contributed by atoms with Crippen LogP contribution in [0.5, 0.6) is 0 Å². The quantitative estimate of drug-likeness (QED) is 0.582. The van der Waals surface area contributed by atoms with Crippen molar-refractivity contribution in [1.82, 2.24) is 30.0 Å². The Morgan fingerprint density at radius 3 is 2.86 bits per heavy atom. The molecule has 3 heterocycles. The number of aromatic nitrogens is 6. The van der Waals surface area contributed by atoms with Crippen LogP contribution in [0.15, 0.2) is 24.4 Å². The maximum Gasteiger partial charge on any atom is 0.156 e. The van der Waals surface area contributed by atoms with Gasteiger partial charge in [-0.3, -0.25) is 0 Å². The van der Waals surface area contributed by atoms with Crippen LogP contribution in [0.3, 0.4) is 0 Å². The highest BCUT2D eigenvalue weighted by Crippen LogP contribution is 2.25. The maximum atomic E-state index is 14.0. The number of halogens is 1. The Balaban J connectivity index is 1.98. The number of fused-ring (bicyclic) bond motifs is 2. The van der Waals surface area contributed by atoms with Crippen LogP contribution in [-0.4, -0.2) is 30.0 Å². The molecule has 1 N–H and O–H groups in total. The highest BCUT2D eigenvalue weighted by atomic mass is 19.1. The zero-order valence-corrected chi connectivity index (χ0v) is 11.4. The Morgan fingerprint density at radius 2 is 2.00 bits per heavy atom. The molecule has 0 aliphatic carbocycles. The number of imidazole rings is 1. The van der Waals surface area contributed by atoms with Crippen LogP contribution in [0.1, 0.15) is 11.3 Å². The van der Waals surface area contributed by atoms with E-state index in [2.05, 4.69) is 25.5 Å². The van der Waals surface area contributed by atoms with Crippen LogP contribution in [0.4, 0.5) is 4.39 Å². The molecule has 7 heteroatoms. The van der Waals surface area contributed by atoms with Gasteiger partial charge in [-0.25, -0.2) is 13.9 Å². The molecule has 6 nitrogen and oxygen atoms in total. The predicted molar refractivity (Wildman–Crippen MR) is 75.3 cm³/mol. The Hall–Kier alpha value is -2.83. The molecule has 1 aromatic carbocycles. The first-order chi connectivity index (χ1) is 10.1. The van der Waals surface area contributed by atoms with Gasteiger partial charge >= 0.3 is 0 Å². The fourth-order valence-electron chi connectivity index (χ4n) is 2.44. The third-order valence-electron chi connectivity index (χ3n) is 3.40. The Morgan fingerprint density at radius 1 is 1.14 bits per heavy atom. The minimum atomic E-state index is -0.419. The van der Waals surface area contributed by atoms with E-state index in [0.717, 1.165) is 16.9 Å². The predicted octanol–water partition coefficient (Wildman–Crippen LogP) is 2.42. The van der Waals surface area contributed by atoms with Crippen LogP contribution in [0, 0.1) is 19.7 Å². The molecule has 0 atom stereocenters. The van der Waals surface area contributed by atoms with E-state index in [4.69, 9.17) is 0 Å². The van der Waals surface area contributed by atoms with Gasteiger partial charge in [-0.1, -0.05) is 0 Å². The number of benzene rings is 1. The van der Waals surface area contributed by atoms with Gasteiger partial charge in [0.25, 0.3) is 0 Å². The van der Waals surface area contributed by atoms with E-state index in [1.165, 1.54) is 6.07 Å². The van der Waals surface area contributed by atoms with Crippen LogP contribution in [-0.2, 0) is 0 Å². The van der Waals surface area contributed by atoms with Gasteiger partial charge < -0.3 is 0 Å². The summed E-state index contributed by atoms with van der Waals surface area (Å²) in [4.78, 5) is 4.41. The van der Waals surface area contributed by atoms with Gasteiger partial charge in [0.1, 0.15) is 11.0 Å². The molecule has 0 spiro atoms. The smallest absolute Gasteiger partial charge is 0.156 e. The lowest BCUT2D eigenvalue weighted by Gasteiger charge is -2.04. The molecule has 0 aliphatic heterocycles. The second-order valence-corrected chi connectivity index (χ2v) is 5.01. The van der Waals surface area contributed by atoms with Crippen LogP contribution in [0.2, 0.25) is 0 Å². The fourth-order valence-corrected chi connectivity index (χ4v) is 2.44. The van der Waals surface area contributed by atoms with E-state index < -0.39 is 5.82 Å². The van der Waals surface area contributed by atoms with Crippen molar-refractivity contribution < 1.29 is 4.39 Å². The zero-order valence-electron chi connectivity index (χ0n) is 11.4. The van der Waals surface area contributed by atoms with Crippen molar-refractivity contribution in [3.05, 3.63) is 41.5 Å². The topological polar surface area (TPSA) is 71.8 Å². The van der Waals surface area contributed by atoms with Gasteiger partial charge in [-0.2, -0.15) is 20.5 Å². The second-order valence-electron chi connectivity index (χ2n) is 5.01. The van der Waals surface area contributed by atoms with E-state index in [0.29, 0.717) is 16.8 Å². The number of nitrogens with one attached hydrogen (secondary N) is 1. The van der Waals surface area contributed by atoms with Gasteiger partial charge in [-0.05, 0) is 37.6 Å².